The predicted molar refractivity (Wildman–Crippen MR) is 124 cm³/mol. The molecule has 0 N–H and O–H groups in total. The van der Waals surface area contributed by atoms with Crippen LogP contribution in [0.2, 0.25) is 0 Å². The number of amides is 1. The Labute approximate surface area is 195 Å². The van der Waals surface area contributed by atoms with Gasteiger partial charge in [0, 0.05) is 24.6 Å². The van der Waals surface area contributed by atoms with Crippen molar-refractivity contribution in [3.63, 3.8) is 0 Å². The summed E-state index contributed by atoms with van der Waals surface area (Å²) in [7, 11) is 0. The summed E-state index contributed by atoms with van der Waals surface area (Å²) in [5, 5.41) is 9.21. The van der Waals surface area contributed by atoms with Crippen LogP contribution < -0.4 is 0 Å². The maximum absolute atomic E-state index is 13.6. The third-order valence-electron chi connectivity index (χ3n) is 5.83. The Bertz CT molecular complexity index is 1250. The zero-order valence-electron chi connectivity index (χ0n) is 18.2. The molecule has 33 heavy (non-hydrogen) atoms. The molecular weight excluding hydrogens is 439 g/mol. The molecule has 168 valence electrons. The molecule has 0 saturated carbocycles. The van der Waals surface area contributed by atoms with Crippen LogP contribution in [0.4, 0.5) is 4.39 Å². The van der Waals surface area contributed by atoms with Crippen molar-refractivity contribution in [3.8, 4) is 21.9 Å². The molecule has 6 nitrogen and oxygen atoms in total. The summed E-state index contributed by atoms with van der Waals surface area (Å²) in [6, 6.07) is 15.8. The molecule has 3 heterocycles. The second-order valence-electron chi connectivity index (χ2n) is 8.14. The molecule has 1 unspecified atom stereocenters. The van der Waals surface area contributed by atoms with E-state index in [9.17, 15) is 9.18 Å². The zero-order chi connectivity index (χ0) is 22.8. The van der Waals surface area contributed by atoms with Crippen molar-refractivity contribution >= 4 is 17.2 Å². The molecule has 0 aliphatic carbocycles. The quantitative estimate of drug-likeness (QED) is 0.389. The first-order chi connectivity index (χ1) is 16.1. The molecule has 4 aromatic rings. The number of piperidine rings is 1. The van der Waals surface area contributed by atoms with Crippen LogP contribution in [0.15, 0.2) is 59.0 Å². The van der Waals surface area contributed by atoms with E-state index >= 15 is 0 Å². The normalized spacial score (nSPS) is 16.2. The topological polar surface area (TPSA) is 72.1 Å². The third kappa shape index (κ3) is 4.57. The number of nitrogens with zero attached hydrogens (tertiary/aromatic N) is 4. The highest BCUT2D eigenvalue weighted by molar-refractivity contribution is 7.15. The van der Waals surface area contributed by atoms with Gasteiger partial charge in [-0.3, -0.25) is 4.79 Å². The number of likely N-dealkylation sites (tertiary alicyclic amines) is 1. The molecule has 5 rings (SSSR count). The Morgan fingerprint density at radius 3 is 2.67 bits per heavy atom. The van der Waals surface area contributed by atoms with Gasteiger partial charge in [-0.25, -0.2) is 9.37 Å². The van der Waals surface area contributed by atoms with Crippen molar-refractivity contribution < 1.29 is 13.6 Å². The van der Waals surface area contributed by atoms with E-state index in [2.05, 4.69) is 15.2 Å². The summed E-state index contributed by atoms with van der Waals surface area (Å²) in [4.78, 5) is 20.8. The van der Waals surface area contributed by atoms with Gasteiger partial charge in [-0.1, -0.05) is 30.3 Å². The van der Waals surface area contributed by atoms with Crippen LogP contribution in [-0.4, -0.2) is 38.6 Å². The number of aromatic nitrogens is 3. The van der Waals surface area contributed by atoms with Crippen LogP contribution in [0.3, 0.4) is 0 Å². The summed E-state index contributed by atoms with van der Waals surface area (Å²) in [5.41, 5.74) is 2.09. The van der Waals surface area contributed by atoms with Crippen molar-refractivity contribution in [1.29, 1.82) is 0 Å². The number of thiazole rings is 1. The number of rotatable bonds is 5. The molecule has 1 amide bonds. The van der Waals surface area contributed by atoms with Crippen LogP contribution >= 0.6 is 11.3 Å². The zero-order valence-corrected chi connectivity index (χ0v) is 19.0. The minimum atomic E-state index is -0.307. The Morgan fingerprint density at radius 1 is 1.09 bits per heavy atom. The third-order valence-corrected chi connectivity index (χ3v) is 6.85. The number of halogens is 1. The van der Waals surface area contributed by atoms with E-state index < -0.39 is 0 Å². The van der Waals surface area contributed by atoms with Gasteiger partial charge in [-0.05, 0) is 56.0 Å². The van der Waals surface area contributed by atoms with Gasteiger partial charge >= 0.3 is 0 Å². The molecule has 1 aliphatic rings. The number of carbonyl (C=O) groups excluding carboxylic acids is 1. The standard InChI is InChI=1S/C25H23FN4O2S/c1-16-27-22(23(33-16)17-10-12-19(26)13-11-17)25(31)30-14-6-5-9-20(30)15-21-28-29-24(32-21)18-7-3-2-4-8-18/h2-4,7-8,10-13,20H,5-6,9,14-15H2,1H3. The number of hydrogen-bond donors (Lipinski definition) is 0. The SMILES string of the molecule is Cc1nc(C(=O)N2CCCCC2Cc2nnc(-c3ccccc3)o2)c(-c2ccc(F)cc2)s1. The first-order valence-corrected chi connectivity index (χ1v) is 11.8. The molecule has 0 bridgehead atoms. The maximum Gasteiger partial charge on any atom is 0.274 e. The average molecular weight is 463 g/mol. The fourth-order valence-corrected chi connectivity index (χ4v) is 5.14. The fraction of sp³-hybridized carbons (Fsp3) is 0.280. The molecule has 1 atom stereocenters. The average Bonchev–Trinajstić information content (AvgIpc) is 3.47. The molecule has 2 aromatic carbocycles. The van der Waals surface area contributed by atoms with Crippen LogP contribution in [0.5, 0.6) is 0 Å². The summed E-state index contributed by atoms with van der Waals surface area (Å²) in [6.07, 6.45) is 3.34. The Morgan fingerprint density at radius 2 is 1.88 bits per heavy atom. The minimum Gasteiger partial charge on any atom is -0.421 e. The Hall–Kier alpha value is -3.39. The molecule has 0 spiro atoms. The Kier molecular flexibility index (Phi) is 6.00. The van der Waals surface area contributed by atoms with Crippen molar-refractivity contribution in [2.24, 2.45) is 0 Å². The largest absolute Gasteiger partial charge is 0.421 e. The van der Waals surface area contributed by atoms with Crippen LogP contribution in [0, 0.1) is 12.7 Å². The summed E-state index contributed by atoms with van der Waals surface area (Å²) < 4.78 is 19.3. The number of benzene rings is 2. The van der Waals surface area contributed by atoms with Gasteiger partial charge in [0.2, 0.25) is 11.8 Å². The first-order valence-electron chi connectivity index (χ1n) is 11.0. The Balaban J connectivity index is 1.39. The van der Waals surface area contributed by atoms with E-state index in [0.29, 0.717) is 30.4 Å². The van der Waals surface area contributed by atoms with Gasteiger partial charge in [0.25, 0.3) is 5.91 Å². The molecule has 1 fully saturated rings. The highest BCUT2D eigenvalue weighted by Crippen LogP contribution is 2.33. The smallest absolute Gasteiger partial charge is 0.274 e. The van der Waals surface area contributed by atoms with Gasteiger partial charge in [0.05, 0.1) is 9.88 Å². The summed E-state index contributed by atoms with van der Waals surface area (Å²) in [6.45, 7) is 2.54. The van der Waals surface area contributed by atoms with Crippen LogP contribution in [0.1, 0.15) is 40.6 Å². The predicted octanol–water partition coefficient (Wildman–Crippen LogP) is 5.55. The second-order valence-corrected chi connectivity index (χ2v) is 9.34. The van der Waals surface area contributed by atoms with Gasteiger partial charge in [0.1, 0.15) is 11.5 Å². The maximum atomic E-state index is 13.6. The van der Waals surface area contributed by atoms with Crippen LogP contribution in [-0.2, 0) is 6.42 Å². The van der Waals surface area contributed by atoms with E-state index in [4.69, 9.17) is 4.42 Å². The lowest BCUT2D eigenvalue weighted by Crippen LogP contribution is -2.45. The molecule has 8 heteroatoms. The molecule has 0 radical (unpaired) electrons. The number of aryl methyl sites for hydroxylation is 1. The molecule has 2 aromatic heterocycles. The second kappa shape index (κ2) is 9.23. The van der Waals surface area contributed by atoms with Crippen LogP contribution in [0.25, 0.3) is 21.9 Å². The van der Waals surface area contributed by atoms with Crippen molar-refractivity contribution in [2.75, 3.05) is 6.54 Å². The lowest BCUT2D eigenvalue weighted by atomic mass is 9.98. The lowest BCUT2D eigenvalue weighted by molar-refractivity contribution is 0.0601. The van der Waals surface area contributed by atoms with E-state index in [-0.39, 0.29) is 17.8 Å². The van der Waals surface area contributed by atoms with Gasteiger partial charge in [-0.15, -0.1) is 21.5 Å². The van der Waals surface area contributed by atoms with E-state index in [1.54, 1.807) is 12.1 Å². The van der Waals surface area contributed by atoms with E-state index in [1.807, 2.05) is 42.2 Å². The number of carbonyl (C=O) groups is 1. The van der Waals surface area contributed by atoms with E-state index in [0.717, 1.165) is 40.3 Å². The highest BCUT2D eigenvalue weighted by atomic mass is 32.1. The molecule has 1 saturated heterocycles. The fourth-order valence-electron chi connectivity index (χ4n) is 4.22. The van der Waals surface area contributed by atoms with Crippen molar-refractivity contribution in [1.82, 2.24) is 20.1 Å². The van der Waals surface area contributed by atoms with Gasteiger partial charge in [0.15, 0.2) is 0 Å². The lowest BCUT2D eigenvalue weighted by Gasteiger charge is -2.35. The number of hydrogen-bond acceptors (Lipinski definition) is 6. The molecule has 1 aliphatic heterocycles. The summed E-state index contributed by atoms with van der Waals surface area (Å²) in [5.74, 6) is 0.587. The summed E-state index contributed by atoms with van der Waals surface area (Å²) >= 11 is 1.45. The van der Waals surface area contributed by atoms with Gasteiger partial charge in [-0.2, -0.15) is 0 Å². The first kappa shape index (κ1) is 21.5. The van der Waals surface area contributed by atoms with E-state index in [1.165, 1.54) is 23.5 Å². The van der Waals surface area contributed by atoms with Crippen molar-refractivity contribution in [3.05, 3.63) is 77.0 Å². The minimum absolute atomic E-state index is 0.0432. The van der Waals surface area contributed by atoms with Crippen molar-refractivity contribution in [2.45, 2.75) is 38.6 Å². The van der Waals surface area contributed by atoms with Gasteiger partial charge < -0.3 is 9.32 Å². The highest BCUT2D eigenvalue weighted by Gasteiger charge is 2.32. The monoisotopic (exact) mass is 462 g/mol. The molecular formula is C25H23FN4O2S.